The SMILES string of the molecule is C=CCC(CC=CC)(C(=O)NC)C(=O)N(C)C. The van der Waals surface area contributed by atoms with Crippen molar-refractivity contribution in [1.29, 1.82) is 0 Å². The zero-order chi connectivity index (χ0) is 13.5. The lowest BCUT2D eigenvalue weighted by Gasteiger charge is -2.31. The van der Waals surface area contributed by atoms with Crippen LogP contribution in [0.5, 0.6) is 0 Å². The number of hydrogen-bond donors (Lipinski definition) is 1. The molecular formula is C13H22N2O2. The fraction of sp³-hybridized carbons (Fsp3) is 0.538. The quantitative estimate of drug-likeness (QED) is 0.561. The lowest BCUT2D eigenvalue weighted by molar-refractivity contribution is -0.148. The van der Waals surface area contributed by atoms with Crippen LogP contribution in [0.25, 0.3) is 0 Å². The fourth-order valence-electron chi connectivity index (χ4n) is 1.77. The minimum atomic E-state index is -1.08. The molecule has 0 fully saturated rings. The zero-order valence-electron chi connectivity index (χ0n) is 11.1. The maximum atomic E-state index is 12.2. The van der Waals surface area contributed by atoms with Gasteiger partial charge in [-0.25, -0.2) is 0 Å². The molecule has 4 nitrogen and oxygen atoms in total. The Hall–Kier alpha value is -1.58. The molecule has 1 N–H and O–H groups in total. The highest BCUT2D eigenvalue weighted by molar-refractivity contribution is 6.05. The predicted molar refractivity (Wildman–Crippen MR) is 69.4 cm³/mol. The van der Waals surface area contributed by atoms with E-state index in [4.69, 9.17) is 0 Å². The molecule has 0 radical (unpaired) electrons. The first-order valence-electron chi connectivity index (χ1n) is 5.62. The van der Waals surface area contributed by atoms with Crippen LogP contribution in [-0.4, -0.2) is 37.9 Å². The van der Waals surface area contributed by atoms with Crippen molar-refractivity contribution in [2.45, 2.75) is 19.8 Å². The highest BCUT2D eigenvalue weighted by Crippen LogP contribution is 2.30. The van der Waals surface area contributed by atoms with E-state index in [1.54, 1.807) is 27.2 Å². The third-order valence-corrected chi connectivity index (χ3v) is 2.67. The van der Waals surface area contributed by atoms with Gasteiger partial charge in [0.05, 0.1) is 0 Å². The molecule has 4 heteroatoms. The van der Waals surface area contributed by atoms with Gasteiger partial charge in [-0.3, -0.25) is 9.59 Å². The molecule has 0 bridgehead atoms. The summed E-state index contributed by atoms with van der Waals surface area (Å²) in [6.45, 7) is 5.50. The first kappa shape index (κ1) is 15.4. The van der Waals surface area contributed by atoms with Gasteiger partial charge in [0.25, 0.3) is 0 Å². The van der Waals surface area contributed by atoms with E-state index in [9.17, 15) is 9.59 Å². The highest BCUT2D eigenvalue weighted by Gasteiger charge is 2.44. The lowest BCUT2D eigenvalue weighted by atomic mass is 9.78. The second kappa shape index (κ2) is 6.89. The van der Waals surface area contributed by atoms with Gasteiger partial charge in [-0.15, -0.1) is 6.58 Å². The van der Waals surface area contributed by atoms with Crippen LogP contribution in [0.15, 0.2) is 24.8 Å². The molecule has 0 heterocycles. The van der Waals surface area contributed by atoms with Crippen molar-refractivity contribution >= 4 is 11.8 Å². The van der Waals surface area contributed by atoms with Gasteiger partial charge >= 0.3 is 0 Å². The van der Waals surface area contributed by atoms with Crippen LogP contribution in [0.3, 0.4) is 0 Å². The van der Waals surface area contributed by atoms with Crippen LogP contribution < -0.4 is 5.32 Å². The smallest absolute Gasteiger partial charge is 0.238 e. The molecule has 0 saturated carbocycles. The van der Waals surface area contributed by atoms with Crippen molar-refractivity contribution in [1.82, 2.24) is 10.2 Å². The summed E-state index contributed by atoms with van der Waals surface area (Å²) in [5, 5.41) is 2.57. The third kappa shape index (κ3) is 3.44. The minimum Gasteiger partial charge on any atom is -0.358 e. The molecule has 0 spiro atoms. The predicted octanol–water partition coefficient (Wildman–Crippen LogP) is 1.35. The maximum absolute atomic E-state index is 12.2. The number of rotatable bonds is 6. The molecule has 1 atom stereocenters. The number of hydrogen-bond acceptors (Lipinski definition) is 2. The summed E-state index contributed by atoms with van der Waals surface area (Å²) in [6.07, 6.45) is 5.99. The van der Waals surface area contributed by atoms with Crippen LogP contribution in [-0.2, 0) is 9.59 Å². The van der Waals surface area contributed by atoms with Crippen molar-refractivity contribution in [3.63, 3.8) is 0 Å². The summed E-state index contributed by atoms with van der Waals surface area (Å²) in [7, 11) is 4.84. The number of allylic oxidation sites excluding steroid dienone is 3. The molecule has 0 saturated heterocycles. The van der Waals surface area contributed by atoms with Gasteiger partial charge in [0.2, 0.25) is 11.8 Å². The fourth-order valence-corrected chi connectivity index (χ4v) is 1.77. The average Bonchev–Trinajstić information content (AvgIpc) is 2.32. The molecule has 0 aliphatic rings. The molecule has 1 unspecified atom stereocenters. The number of nitrogens with zero attached hydrogens (tertiary/aromatic N) is 1. The Morgan fingerprint density at radius 3 is 2.29 bits per heavy atom. The molecule has 0 aliphatic carbocycles. The van der Waals surface area contributed by atoms with Crippen LogP contribution in [0, 0.1) is 5.41 Å². The Morgan fingerprint density at radius 1 is 1.35 bits per heavy atom. The van der Waals surface area contributed by atoms with Gasteiger partial charge in [0, 0.05) is 21.1 Å². The standard InChI is InChI=1S/C13H22N2O2/c1-6-8-10-13(9-7-2,11(16)14-3)12(17)15(4)5/h6-8H,2,9-10H2,1,3-5H3,(H,14,16). The monoisotopic (exact) mass is 238 g/mol. The largest absolute Gasteiger partial charge is 0.358 e. The lowest BCUT2D eigenvalue weighted by Crippen LogP contribution is -2.49. The molecule has 0 aromatic carbocycles. The van der Waals surface area contributed by atoms with Gasteiger partial charge in [-0.2, -0.15) is 0 Å². The van der Waals surface area contributed by atoms with Crippen molar-refractivity contribution in [2.75, 3.05) is 21.1 Å². The van der Waals surface area contributed by atoms with E-state index < -0.39 is 5.41 Å². The van der Waals surface area contributed by atoms with Gasteiger partial charge in [0.15, 0.2) is 0 Å². The number of nitrogens with one attached hydrogen (secondary N) is 1. The van der Waals surface area contributed by atoms with Crippen LogP contribution in [0.1, 0.15) is 19.8 Å². The Kier molecular flexibility index (Phi) is 6.25. The van der Waals surface area contributed by atoms with E-state index in [0.29, 0.717) is 12.8 Å². The molecule has 0 aromatic heterocycles. The molecule has 0 aliphatic heterocycles. The Bertz CT molecular complexity index is 321. The molecule has 0 rings (SSSR count). The summed E-state index contributed by atoms with van der Waals surface area (Å²) >= 11 is 0. The normalized spacial score (nSPS) is 14.1. The van der Waals surface area contributed by atoms with Gasteiger partial charge < -0.3 is 10.2 Å². The van der Waals surface area contributed by atoms with E-state index in [-0.39, 0.29) is 11.8 Å². The summed E-state index contributed by atoms with van der Waals surface area (Å²) in [4.78, 5) is 25.7. The van der Waals surface area contributed by atoms with Gasteiger partial charge in [0.1, 0.15) is 5.41 Å². The van der Waals surface area contributed by atoms with E-state index in [0.717, 1.165) is 0 Å². The van der Waals surface area contributed by atoms with Crippen molar-refractivity contribution in [2.24, 2.45) is 5.41 Å². The summed E-state index contributed by atoms with van der Waals surface area (Å²) in [5.74, 6) is -0.468. The third-order valence-electron chi connectivity index (χ3n) is 2.67. The Balaban J connectivity index is 5.44. The highest BCUT2D eigenvalue weighted by atomic mass is 16.2. The number of carbonyl (C=O) groups excluding carboxylic acids is 2. The Labute approximate surface area is 103 Å². The molecule has 0 aromatic rings. The maximum Gasteiger partial charge on any atom is 0.238 e. The topological polar surface area (TPSA) is 49.4 Å². The van der Waals surface area contributed by atoms with E-state index >= 15 is 0 Å². The van der Waals surface area contributed by atoms with E-state index in [1.807, 2.05) is 19.1 Å². The summed E-state index contributed by atoms with van der Waals surface area (Å²) in [5.41, 5.74) is -1.08. The van der Waals surface area contributed by atoms with Crippen LogP contribution in [0.4, 0.5) is 0 Å². The summed E-state index contributed by atoms with van der Waals surface area (Å²) < 4.78 is 0. The van der Waals surface area contributed by atoms with Gasteiger partial charge in [-0.05, 0) is 19.8 Å². The van der Waals surface area contributed by atoms with Gasteiger partial charge in [-0.1, -0.05) is 18.2 Å². The van der Waals surface area contributed by atoms with Crippen molar-refractivity contribution in [3.05, 3.63) is 24.8 Å². The number of carbonyl (C=O) groups is 2. The molecule has 96 valence electrons. The minimum absolute atomic E-state index is 0.199. The molecule has 17 heavy (non-hydrogen) atoms. The van der Waals surface area contributed by atoms with Crippen LogP contribution >= 0.6 is 0 Å². The first-order valence-corrected chi connectivity index (χ1v) is 5.62. The molecular weight excluding hydrogens is 216 g/mol. The average molecular weight is 238 g/mol. The van der Waals surface area contributed by atoms with Crippen molar-refractivity contribution in [3.8, 4) is 0 Å². The molecule has 2 amide bonds. The van der Waals surface area contributed by atoms with E-state index in [2.05, 4.69) is 11.9 Å². The van der Waals surface area contributed by atoms with Crippen molar-refractivity contribution < 1.29 is 9.59 Å². The second-order valence-corrected chi connectivity index (χ2v) is 4.13. The van der Waals surface area contributed by atoms with E-state index in [1.165, 1.54) is 4.90 Å². The summed E-state index contributed by atoms with van der Waals surface area (Å²) in [6, 6.07) is 0. The first-order chi connectivity index (χ1) is 7.96. The zero-order valence-corrected chi connectivity index (χ0v) is 11.1. The number of amides is 2. The second-order valence-electron chi connectivity index (χ2n) is 4.13. The van der Waals surface area contributed by atoms with Crippen LogP contribution in [0.2, 0.25) is 0 Å². The Morgan fingerprint density at radius 2 is 1.94 bits per heavy atom.